The number of nitrogens with two attached hydrogens (primary N) is 1. The molecule has 4 nitrogen and oxygen atoms in total. The van der Waals surface area contributed by atoms with Gasteiger partial charge in [0.25, 0.3) is 0 Å². The zero-order chi connectivity index (χ0) is 13.1. The van der Waals surface area contributed by atoms with Crippen molar-refractivity contribution in [1.29, 1.82) is 0 Å². The molecule has 0 spiro atoms. The van der Waals surface area contributed by atoms with E-state index in [1.165, 1.54) is 5.56 Å². The van der Waals surface area contributed by atoms with Crippen LogP contribution < -0.4 is 5.73 Å². The van der Waals surface area contributed by atoms with Crippen molar-refractivity contribution >= 4 is 0 Å². The Labute approximate surface area is 108 Å². The quantitative estimate of drug-likeness (QED) is 0.899. The van der Waals surface area contributed by atoms with Gasteiger partial charge in [-0.05, 0) is 31.4 Å². The molecule has 18 heavy (non-hydrogen) atoms. The highest BCUT2D eigenvalue weighted by atomic mass is 15.4. The number of hydrogen-bond acceptors (Lipinski definition) is 3. The minimum atomic E-state index is -0.0299. The minimum Gasteiger partial charge on any atom is -0.323 e. The summed E-state index contributed by atoms with van der Waals surface area (Å²) >= 11 is 0. The summed E-state index contributed by atoms with van der Waals surface area (Å²) in [5.41, 5.74) is 10.4. The van der Waals surface area contributed by atoms with Gasteiger partial charge in [0.2, 0.25) is 0 Å². The van der Waals surface area contributed by atoms with Crippen molar-refractivity contribution in [3.63, 3.8) is 0 Å². The van der Waals surface area contributed by atoms with Gasteiger partial charge in [-0.15, -0.1) is 5.10 Å². The molecule has 96 valence electrons. The molecule has 2 aromatic rings. The summed E-state index contributed by atoms with van der Waals surface area (Å²) < 4.78 is 1.92. The van der Waals surface area contributed by atoms with Crippen LogP contribution in [0.1, 0.15) is 43.3 Å². The molecule has 1 atom stereocenters. The highest BCUT2D eigenvalue weighted by Gasteiger charge is 2.17. The minimum absolute atomic E-state index is 0.0299. The summed E-state index contributed by atoms with van der Waals surface area (Å²) in [5.74, 6) is 0. The van der Waals surface area contributed by atoms with Crippen molar-refractivity contribution in [3.05, 3.63) is 41.2 Å². The number of rotatable bonds is 4. The number of para-hydroxylation sites is 1. The van der Waals surface area contributed by atoms with Crippen molar-refractivity contribution in [1.82, 2.24) is 15.0 Å². The third-order valence-corrected chi connectivity index (χ3v) is 3.26. The maximum atomic E-state index is 6.08. The van der Waals surface area contributed by atoms with Crippen LogP contribution in [0, 0.1) is 6.92 Å². The van der Waals surface area contributed by atoms with E-state index in [2.05, 4.69) is 43.2 Å². The van der Waals surface area contributed by atoms with Gasteiger partial charge >= 0.3 is 0 Å². The molecule has 1 aromatic heterocycles. The lowest BCUT2D eigenvalue weighted by atomic mass is 10.1. The lowest BCUT2D eigenvalue weighted by molar-refractivity contribution is 0.665. The van der Waals surface area contributed by atoms with Gasteiger partial charge in [-0.1, -0.05) is 37.3 Å². The highest BCUT2D eigenvalue weighted by molar-refractivity contribution is 5.41. The standard InChI is InChI=1S/C14H20N4/c1-4-11(15)14-12(5-2)18(17-16-14)13-9-7-6-8-10(13)3/h6-9,11H,4-5,15H2,1-3H3. The van der Waals surface area contributed by atoms with Crippen LogP contribution in [-0.2, 0) is 6.42 Å². The molecule has 0 bridgehead atoms. The predicted octanol–water partition coefficient (Wildman–Crippen LogP) is 2.55. The highest BCUT2D eigenvalue weighted by Crippen LogP contribution is 2.21. The molecule has 1 unspecified atom stereocenters. The van der Waals surface area contributed by atoms with Crippen LogP contribution in [0.25, 0.3) is 5.69 Å². The second-order valence-corrected chi connectivity index (χ2v) is 4.49. The fourth-order valence-corrected chi connectivity index (χ4v) is 2.12. The van der Waals surface area contributed by atoms with Gasteiger partial charge in [0.15, 0.2) is 0 Å². The maximum Gasteiger partial charge on any atom is 0.103 e. The fraction of sp³-hybridized carbons (Fsp3) is 0.429. The first-order chi connectivity index (χ1) is 8.69. The molecule has 0 saturated heterocycles. The number of benzene rings is 1. The zero-order valence-corrected chi connectivity index (χ0v) is 11.2. The zero-order valence-electron chi connectivity index (χ0n) is 11.2. The monoisotopic (exact) mass is 244 g/mol. The van der Waals surface area contributed by atoms with E-state index in [1.807, 2.05) is 16.8 Å². The first-order valence-electron chi connectivity index (χ1n) is 6.45. The van der Waals surface area contributed by atoms with Gasteiger partial charge < -0.3 is 5.73 Å². The van der Waals surface area contributed by atoms with Gasteiger partial charge in [-0.25, -0.2) is 4.68 Å². The van der Waals surface area contributed by atoms with Crippen molar-refractivity contribution in [3.8, 4) is 5.69 Å². The van der Waals surface area contributed by atoms with Crippen LogP contribution in [-0.4, -0.2) is 15.0 Å². The van der Waals surface area contributed by atoms with E-state index in [0.717, 1.165) is 29.9 Å². The maximum absolute atomic E-state index is 6.08. The van der Waals surface area contributed by atoms with E-state index in [4.69, 9.17) is 5.73 Å². The summed E-state index contributed by atoms with van der Waals surface area (Å²) in [7, 11) is 0. The van der Waals surface area contributed by atoms with Gasteiger partial charge in [0.05, 0.1) is 17.4 Å². The van der Waals surface area contributed by atoms with Gasteiger partial charge in [0, 0.05) is 0 Å². The first kappa shape index (κ1) is 12.8. The van der Waals surface area contributed by atoms with Crippen molar-refractivity contribution in [2.24, 2.45) is 5.73 Å². The van der Waals surface area contributed by atoms with Crippen LogP contribution in [0.15, 0.2) is 24.3 Å². The molecule has 1 heterocycles. The number of nitrogens with zero attached hydrogens (tertiary/aromatic N) is 3. The second-order valence-electron chi connectivity index (χ2n) is 4.49. The van der Waals surface area contributed by atoms with Crippen molar-refractivity contribution in [2.75, 3.05) is 0 Å². The third kappa shape index (κ3) is 2.16. The lowest BCUT2D eigenvalue weighted by Crippen LogP contribution is -2.12. The Balaban J connectivity index is 2.53. The average Bonchev–Trinajstić information content (AvgIpc) is 2.81. The first-order valence-corrected chi connectivity index (χ1v) is 6.45. The van der Waals surface area contributed by atoms with E-state index >= 15 is 0 Å². The van der Waals surface area contributed by atoms with Crippen LogP contribution in [0.2, 0.25) is 0 Å². The van der Waals surface area contributed by atoms with E-state index in [0.29, 0.717) is 0 Å². The Bertz CT molecular complexity index is 530. The smallest absolute Gasteiger partial charge is 0.103 e. The molecule has 1 aromatic carbocycles. The van der Waals surface area contributed by atoms with Gasteiger partial charge in [0.1, 0.15) is 5.69 Å². The van der Waals surface area contributed by atoms with E-state index in [9.17, 15) is 0 Å². The normalized spacial score (nSPS) is 12.7. The van der Waals surface area contributed by atoms with Crippen LogP contribution in [0.3, 0.4) is 0 Å². The molecule has 0 radical (unpaired) electrons. The topological polar surface area (TPSA) is 56.7 Å². The fourth-order valence-electron chi connectivity index (χ4n) is 2.12. The summed E-state index contributed by atoms with van der Waals surface area (Å²) in [6.07, 6.45) is 1.75. The molecule has 0 amide bonds. The molecule has 0 saturated carbocycles. The van der Waals surface area contributed by atoms with Crippen molar-refractivity contribution < 1.29 is 0 Å². The van der Waals surface area contributed by atoms with E-state index < -0.39 is 0 Å². The Morgan fingerprint density at radius 3 is 2.61 bits per heavy atom. The van der Waals surface area contributed by atoms with E-state index in [-0.39, 0.29) is 6.04 Å². The SMILES string of the molecule is CCc1c(C(N)CC)nnn1-c1ccccc1C. The number of aromatic nitrogens is 3. The van der Waals surface area contributed by atoms with Gasteiger partial charge in [-0.3, -0.25) is 0 Å². The Morgan fingerprint density at radius 1 is 1.28 bits per heavy atom. The molecule has 0 aliphatic rings. The molecular formula is C14H20N4. The molecule has 0 aliphatic heterocycles. The van der Waals surface area contributed by atoms with Crippen molar-refractivity contribution in [2.45, 2.75) is 39.7 Å². The lowest BCUT2D eigenvalue weighted by Gasteiger charge is -2.11. The molecule has 2 rings (SSSR count). The predicted molar refractivity (Wildman–Crippen MR) is 72.7 cm³/mol. The summed E-state index contributed by atoms with van der Waals surface area (Å²) in [5, 5.41) is 8.54. The molecule has 0 aliphatic carbocycles. The molecule has 4 heteroatoms. The summed E-state index contributed by atoms with van der Waals surface area (Å²) in [6, 6.07) is 8.15. The largest absolute Gasteiger partial charge is 0.323 e. The molecule has 2 N–H and O–H groups in total. The Kier molecular flexibility index (Phi) is 3.77. The summed E-state index contributed by atoms with van der Waals surface area (Å²) in [6.45, 7) is 6.26. The van der Waals surface area contributed by atoms with Gasteiger partial charge in [-0.2, -0.15) is 0 Å². The Hall–Kier alpha value is -1.68. The van der Waals surface area contributed by atoms with Crippen LogP contribution in [0.5, 0.6) is 0 Å². The average molecular weight is 244 g/mol. The van der Waals surface area contributed by atoms with Crippen LogP contribution >= 0.6 is 0 Å². The second kappa shape index (κ2) is 5.31. The number of aryl methyl sites for hydroxylation is 1. The van der Waals surface area contributed by atoms with Crippen LogP contribution in [0.4, 0.5) is 0 Å². The third-order valence-electron chi connectivity index (χ3n) is 3.26. The summed E-state index contributed by atoms with van der Waals surface area (Å²) in [4.78, 5) is 0. The number of hydrogen-bond donors (Lipinski definition) is 1. The molecule has 0 fully saturated rings. The molecular weight excluding hydrogens is 224 g/mol. The van der Waals surface area contributed by atoms with E-state index in [1.54, 1.807) is 0 Å². The Morgan fingerprint density at radius 2 is 2.00 bits per heavy atom.